The van der Waals surface area contributed by atoms with Gasteiger partial charge in [0.15, 0.2) is 0 Å². The van der Waals surface area contributed by atoms with Gasteiger partial charge in [0.2, 0.25) is 17.7 Å². The van der Waals surface area contributed by atoms with Crippen LogP contribution in [-0.4, -0.2) is 58.6 Å². The maximum Gasteiger partial charge on any atom is 0.326 e. The fraction of sp³-hybridized carbons (Fsp3) is 0.385. The van der Waals surface area contributed by atoms with Crippen LogP contribution in [0.5, 0.6) is 5.75 Å². The molecule has 2 aromatic carbocycles. The Hall–Kier alpha value is -3.92. The number of aromatic hydroxyl groups is 1. The summed E-state index contributed by atoms with van der Waals surface area (Å²) < 4.78 is 0. The van der Waals surface area contributed by atoms with Gasteiger partial charge in [0.25, 0.3) is 0 Å². The molecule has 194 valence electrons. The van der Waals surface area contributed by atoms with Gasteiger partial charge in [-0.3, -0.25) is 14.4 Å². The van der Waals surface area contributed by atoms with E-state index < -0.39 is 48.4 Å². The molecule has 7 N–H and O–H groups in total. The second-order valence-corrected chi connectivity index (χ2v) is 9.03. The summed E-state index contributed by atoms with van der Waals surface area (Å²) in [5.41, 5.74) is 7.59. The number of aliphatic carboxylic acids is 1. The van der Waals surface area contributed by atoms with Crippen LogP contribution in [0.2, 0.25) is 0 Å². The van der Waals surface area contributed by atoms with E-state index in [1.807, 2.05) is 44.2 Å². The molecule has 0 fully saturated rings. The molecule has 0 saturated heterocycles. The summed E-state index contributed by atoms with van der Waals surface area (Å²) in [6.45, 7) is 3.21. The van der Waals surface area contributed by atoms with E-state index in [0.29, 0.717) is 5.56 Å². The number of nitrogens with two attached hydrogens (primary N) is 1. The zero-order valence-electron chi connectivity index (χ0n) is 20.4. The average molecular weight is 499 g/mol. The molecule has 3 amide bonds. The Morgan fingerprint density at radius 2 is 1.44 bits per heavy atom. The summed E-state index contributed by atoms with van der Waals surface area (Å²) in [5.74, 6) is -2.88. The first-order valence-corrected chi connectivity index (χ1v) is 11.7. The molecule has 0 aliphatic carbocycles. The summed E-state index contributed by atoms with van der Waals surface area (Å²) in [5, 5.41) is 26.3. The Labute approximate surface area is 210 Å². The highest BCUT2D eigenvalue weighted by atomic mass is 16.4. The standard InChI is InChI=1S/C26H34N4O6/c1-16(2)12-22(26(35)36)29-23(32)15-28-25(34)21(14-18-8-10-19(31)11-9-18)30-24(33)20(27)13-17-6-4-3-5-7-17/h3-11,16,20-22,31H,12-15,27H2,1-2H3,(H,28,34)(H,29,32)(H,30,33)(H,35,36). The van der Waals surface area contributed by atoms with Gasteiger partial charge in [-0.25, -0.2) is 4.79 Å². The van der Waals surface area contributed by atoms with Crippen LogP contribution in [-0.2, 0) is 32.0 Å². The molecule has 36 heavy (non-hydrogen) atoms. The Morgan fingerprint density at radius 3 is 2.03 bits per heavy atom. The molecule has 0 aliphatic rings. The number of nitrogens with one attached hydrogen (secondary N) is 3. The van der Waals surface area contributed by atoms with E-state index in [-0.39, 0.29) is 30.9 Å². The van der Waals surface area contributed by atoms with Gasteiger partial charge in [-0.2, -0.15) is 0 Å². The van der Waals surface area contributed by atoms with E-state index in [4.69, 9.17) is 5.73 Å². The van der Waals surface area contributed by atoms with Crippen molar-refractivity contribution in [2.75, 3.05) is 6.54 Å². The van der Waals surface area contributed by atoms with E-state index >= 15 is 0 Å². The number of carbonyl (C=O) groups is 4. The summed E-state index contributed by atoms with van der Waals surface area (Å²) >= 11 is 0. The van der Waals surface area contributed by atoms with Crippen molar-refractivity contribution in [3.05, 3.63) is 65.7 Å². The van der Waals surface area contributed by atoms with Crippen LogP contribution >= 0.6 is 0 Å². The Bertz CT molecular complexity index is 1030. The number of amides is 3. The molecule has 0 saturated carbocycles. The molecule has 3 unspecified atom stereocenters. The summed E-state index contributed by atoms with van der Waals surface area (Å²) in [6.07, 6.45) is 0.603. The molecule has 10 heteroatoms. The minimum absolute atomic E-state index is 0.0472. The van der Waals surface area contributed by atoms with E-state index in [2.05, 4.69) is 16.0 Å². The van der Waals surface area contributed by atoms with Gasteiger partial charge in [0, 0.05) is 6.42 Å². The zero-order chi connectivity index (χ0) is 26.7. The van der Waals surface area contributed by atoms with Crippen LogP contribution in [0.1, 0.15) is 31.4 Å². The molecule has 3 atom stereocenters. The van der Waals surface area contributed by atoms with Crippen molar-refractivity contribution in [1.29, 1.82) is 0 Å². The normalized spacial score (nSPS) is 13.3. The molecule has 0 aromatic heterocycles. The van der Waals surface area contributed by atoms with E-state index in [1.165, 1.54) is 12.1 Å². The quantitative estimate of drug-likeness (QED) is 0.236. The number of benzene rings is 2. The number of hydrogen-bond donors (Lipinski definition) is 6. The maximum atomic E-state index is 12.9. The third-order valence-corrected chi connectivity index (χ3v) is 5.41. The van der Waals surface area contributed by atoms with Crippen LogP contribution in [0, 0.1) is 5.92 Å². The number of phenolic OH excluding ortho intramolecular Hbond substituents is 1. The predicted molar refractivity (Wildman–Crippen MR) is 134 cm³/mol. The first-order chi connectivity index (χ1) is 17.0. The lowest BCUT2D eigenvalue weighted by Gasteiger charge is -2.21. The van der Waals surface area contributed by atoms with Gasteiger partial charge < -0.3 is 31.9 Å². The summed E-state index contributed by atoms with van der Waals surface area (Å²) in [7, 11) is 0. The number of hydrogen-bond acceptors (Lipinski definition) is 6. The van der Waals surface area contributed by atoms with E-state index in [9.17, 15) is 29.4 Å². The Morgan fingerprint density at radius 1 is 0.833 bits per heavy atom. The van der Waals surface area contributed by atoms with Gasteiger partial charge >= 0.3 is 5.97 Å². The number of carbonyl (C=O) groups excluding carboxylic acids is 3. The SMILES string of the molecule is CC(C)CC(NC(=O)CNC(=O)C(Cc1ccc(O)cc1)NC(=O)C(N)Cc1ccccc1)C(=O)O. The third kappa shape index (κ3) is 9.75. The number of rotatable bonds is 13. The number of phenols is 1. The summed E-state index contributed by atoms with van der Waals surface area (Å²) in [4.78, 5) is 49.3. The largest absolute Gasteiger partial charge is 0.508 e. The van der Waals surface area contributed by atoms with Gasteiger partial charge in [-0.15, -0.1) is 0 Å². The predicted octanol–water partition coefficient (Wildman–Crippen LogP) is 0.721. The molecule has 2 rings (SSSR count). The molecule has 10 nitrogen and oxygen atoms in total. The van der Waals surface area contributed by atoms with Crippen LogP contribution in [0.15, 0.2) is 54.6 Å². The molecular formula is C26H34N4O6. The van der Waals surface area contributed by atoms with Gasteiger partial charge in [-0.05, 0) is 42.0 Å². The highest BCUT2D eigenvalue weighted by molar-refractivity contribution is 5.92. The Kier molecular flexibility index (Phi) is 10.9. The third-order valence-electron chi connectivity index (χ3n) is 5.41. The van der Waals surface area contributed by atoms with Gasteiger partial charge in [0.05, 0.1) is 12.6 Å². The van der Waals surface area contributed by atoms with Gasteiger partial charge in [-0.1, -0.05) is 56.3 Å². The first-order valence-electron chi connectivity index (χ1n) is 11.7. The first kappa shape index (κ1) is 28.3. The van der Waals surface area contributed by atoms with Crippen molar-refractivity contribution >= 4 is 23.7 Å². The minimum atomic E-state index is -1.16. The van der Waals surface area contributed by atoms with Crippen molar-refractivity contribution in [3.8, 4) is 5.75 Å². The van der Waals surface area contributed by atoms with Gasteiger partial charge in [0.1, 0.15) is 17.8 Å². The maximum absolute atomic E-state index is 12.9. The molecule has 0 heterocycles. The van der Waals surface area contributed by atoms with Crippen molar-refractivity contribution < 1.29 is 29.4 Å². The van der Waals surface area contributed by atoms with Crippen LogP contribution < -0.4 is 21.7 Å². The lowest BCUT2D eigenvalue weighted by Crippen LogP contribution is -2.54. The smallest absolute Gasteiger partial charge is 0.326 e. The lowest BCUT2D eigenvalue weighted by molar-refractivity contribution is -0.142. The van der Waals surface area contributed by atoms with E-state index in [0.717, 1.165) is 5.56 Å². The fourth-order valence-electron chi connectivity index (χ4n) is 3.55. The zero-order valence-corrected chi connectivity index (χ0v) is 20.4. The Balaban J connectivity index is 2.04. The minimum Gasteiger partial charge on any atom is -0.508 e. The summed E-state index contributed by atoms with van der Waals surface area (Å²) in [6, 6.07) is 12.3. The van der Waals surface area contributed by atoms with Crippen molar-refractivity contribution in [1.82, 2.24) is 16.0 Å². The highest BCUT2D eigenvalue weighted by Crippen LogP contribution is 2.12. The highest BCUT2D eigenvalue weighted by Gasteiger charge is 2.26. The molecule has 0 aliphatic heterocycles. The molecule has 0 radical (unpaired) electrons. The fourth-order valence-corrected chi connectivity index (χ4v) is 3.55. The molecule has 2 aromatic rings. The van der Waals surface area contributed by atoms with E-state index in [1.54, 1.807) is 12.1 Å². The van der Waals surface area contributed by atoms with Crippen molar-refractivity contribution in [2.24, 2.45) is 11.7 Å². The molecule has 0 bridgehead atoms. The lowest BCUT2D eigenvalue weighted by atomic mass is 10.0. The van der Waals surface area contributed by atoms with Crippen LogP contribution in [0.3, 0.4) is 0 Å². The molecule has 0 spiro atoms. The van der Waals surface area contributed by atoms with Crippen LogP contribution in [0.25, 0.3) is 0 Å². The van der Waals surface area contributed by atoms with Crippen LogP contribution in [0.4, 0.5) is 0 Å². The second-order valence-electron chi connectivity index (χ2n) is 9.03. The second kappa shape index (κ2) is 13.8. The number of carboxylic acid groups (broad SMARTS) is 1. The topological polar surface area (TPSA) is 171 Å². The number of carboxylic acids is 1. The monoisotopic (exact) mass is 498 g/mol. The van der Waals surface area contributed by atoms with Crippen molar-refractivity contribution in [2.45, 2.75) is 51.2 Å². The average Bonchev–Trinajstić information content (AvgIpc) is 2.83. The van der Waals surface area contributed by atoms with Crippen molar-refractivity contribution in [3.63, 3.8) is 0 Å². The molecular weight excluding hydrogens is 464 g/mol.